The van der Waals surface area contributed by atoms with E-state index in [1.807, 2.05) is 24.3 Å². The second kappa shape index (κ2) is 6.72. The van der Waals surface area contributed by atoms with Gasteiger partial charge in [0.15, 0.2) is 6.61 Å². The van der Waals surface area contributed by atoms with Crippen LogP contribution in [-0.2, 0) is 16.0 Å². The van der Waals surface area contributed by atoms with Crippen LogP contribution in [0.3, 0.4) is 0 Å². The van der Waals surface area contributed by atoms with Gasteiger partial charge in [-0.2, -0.15) is 0 Å². The Kier molecular flexibility index (Phi) is 4.47. The van der Waals surface area contributed by atoms with Gasteiger partial charge in [0.05, 0.1) is 10.5 Å². The summed E-state index contributed by atoms with van der Waals surface area (Å²) >= 11 is 0. The molecule has 2 aromatic rings. The molecule has 1 aliphatic heterocycles. The Morgan fingerprint density at radius 2 is 2.00 bits per heavy atom. The van der Waals surface area contributed by atoms with Gasteiger partial charge in [-0.05, 0) is 37.1 Å². The molecule has 1 aliphatic rings. The highest BCUT2D eigenvalue weighted by Gasteiger charge is 2.25. The number of ether oxygens (including phenoxy) is 1. The first-order chi connectivity index (χ1) is 12.0. The predicted molar refractivity (Wildman–Crippen MR) is 90.6 cm³/mol. The number of nitrogens with zero attached hydrogens (tertiary/aromatic N) is 2. The number of anilines is 1. The molecule has 7 heteroatoms. The number of rotatable bonds is 4. The third-order valence-corrected chi connectivity index (χ3v) is 4.14. The number of amides is 1. The Morgan fingerprint density at radius 1 is 1.24 bits per heavy atom. The number of hydrogen-bond acceptors (Lipinski definition) is 5. The molecule has 128 valence electrons. The smallest absolute Gasteiger partial charge is 0.338 e. The van der Waals surface area contributed by atoms with Gasteiger partial charge in [0.1, 0.15) is 0 Å². The molecule has 7 nitrogen and oxygen atoms in total. The van der Waals surface area contributed by atoms with Crippen molar-refractivity contribution in [1.82, 2.24) is 0 Å². The van der Waals surface area contributed by atoms with Crippen LogP contribution in [0, 0.1) is 17.0 Å². The van der Waals surface area contributed by atoms with Crippen LogP contribution >= 0.6 is 0 Å². The number of nitro benzene ring substituents is 1. The molecule has 0 unspecified atom stereocenters. The molecule has 0 bridgehead atoms. The van der Waals surface area contributed by atoms with Crippen LogP contribution in [0.1, 0.15) is 21.5 Å². The molecule has 0 spiro atoms. The van der Waals surface area contributed by atoms with Crippen molar-refractivity contribution in [1.29, 1.82) is 0 Å². The molecule has 0 N–H and O–H groups in total. The molecule has 0 aromatic heterocycles. The minimum absolute atomic E-state index is 0.0682. The summed E-state index contributed by atoms with van der Waals surface area (Å²) in [5.41, 5.74) is 2.40. The molecule has 1 amide bonds. The molecule has 0 atom stereocenters. The van der Waals surface area contributed by atoms with Crippen LogP contribution < -0.4 is 4.90 Å². The van der Waals surface area contributed by atoms with E-state index in [0.717, 1.165) is 17.7 Å². The van der Waals surface area contributed by atoms with Crippen molar-refractivity contribution in [3.8, 4) is 0 Å². The van der Waals surface area contributed by atoms with E-state index in [1.165, 1.54) is 18.2 Å². The lowest BCUT2D eigenvalue weighted by molar-refractivity contribution is -0.385. The molecule has 0 radical (unpaired) electrons. The quantitative estimate of drug-likeness (QED) is 0.485. The number of fused-ring (bicyclic) bond motifs is 1. The van der Waals surface area contributed by atoms with Crippen molar-refractivity contribution >= 4 is 23.3 Å². The van der Waals surface area contributed by atoms with E-state index in [9.17, 15) is 19.7 Å². The first-order valence-corrected chi connectivity index (χ1v) is 7.78. The summed E-state index contributed by atoms with van der Waals surface area (Å²) in [5.74, 6) is -0.976. The molecule has 0 saturated carbocycles. The van der Waals surface area contributed by atoms with Crippen molar-refractivity contribution in [3.63, 3.8) is 0 Å². The number of para-hydroxylation sites is 1. The van der Waals surface area contributed by atoms with E-state index in [-0.39, 0.29) is 23.8 Å². The zero-order valence-electron chi connectivity index (χ0n) is 13.6. The highest BCUT2D eigenvalue weighted by molar-refractivity contribution is 5.98. The molecule has 2 aromatic carbocycles. The fraction of sp³-hybridized carbons (Fsp3) is 0.222. The van der Waals surface area contributed by atoms with Crippen LogP contribution in [0.25, 0.3) is 0 Å². The zero-order chi connectivity index (χ0) is 18.0. The Balaban J connectivity index is 1.64. The maximum Gasteiger partial charge on any atom is 0.338 e. The number of carbonyl (C=O) groups excluding carboxylic acids is 2. The monoisotopic (exact) mass is 340 g/mol. The molecule has 0 aliphatic carbocycles. The van der Waals surface area contributed by atoms with Gasteiger partial charge in [0.2, 0.25) is 0 Å². The van der Waals surface area contributed by atoms with Crippen molar-refractivity contribution in [2.75, 3.05) is 18.1 Å². The molecule has 1 heterocycles. The average molecular weight is 340 g/mol. The van der Waals surface area contributed by atoms with Crippen molar-refractivity contribution in [2.45, 2.75) is 13.3 Å². The van der Waals surface area contributed by atoms with E-state index >= 15 is 0 Å². The third kappa shape index (κ3) is 3.35. The molecule has 0 saturated heterocycles. The Labute approximate surface area is 144 Å². The van der Waals surface area contributed by atoms with E-state index < -0.39 is 10.9 Å². The summed E-state index contributed by atoms with van der Waals surface area (Å²) in [4.78, 5) is 36.3. The molecule has 25 heavy (non-hydrogen) atoms. The van der Waals surface area contributed by atoms with Gasteiger partial charge in [0.25, 0.3) is 11.6 Å². The molecule has 0 fully saturated rings. The second-order valence-corrected chi connectivity index (χ2v) is 5.76. The lowest BCUT2D eigenvalue weighted by Crippen LogP contribution is -2.33. The summed E-state index contributed by atoms with van der Waals surface area (Å²) < 4.78 is 5.07. The van der Waals surface area contributed by atoms with Gasteiger partial charge in [-0.3, -0.25) is 14.9 Å². The minimum atomic E-state index is -0.682. The molecule has 3 rings (SSSR count). The van der Waals surface area contributed by atoms with Gasteiger partial charge in [-0.25, -0.2) is 4.79 Å². The number of benzene rings is 2. The zero-order valence-corrected chi connectivity index (χ0v) is 13.6. The predicted octanol–water partition coefficient (Wildman–Crippen LogP) is 2.65. The highest BCUT2D eigenvalue weighted by atomic mass is 16.6. The van der Waals surface area contributed by atoms with Crippen LogP contribution in [0.15, 0.2) is 42.5 Å². The van der Waals surface area contributed by atoms with Gasteiger partial charge in [0, 0.05) is 23.9 Å². The highest BCUT2D eigenvalue weighted by Crippen LogP contribution is 2.27. The Morgan fingerprint density at radius 3 is 2.72 bits per heavy atom. The van der Waals surface area contributed by atoms with E-state index in [2.05, 4.69) is 0 Å². The van der Waals surface area contributed by atoms with Crippen LogP contribution in [0.2, 0.25) is 0 Å². The fourth-order valence-electron chi connectivity index (χ4n) is 2.87. The third-order valence-electron chi connectivity index (χ3n) is 4.14. The Hall–Kier alpha value is -3.22. The number of esters is 1. The lowest BCUT2D eigenvalue weighted by atomic mass is 10.1. The van der Waals surface area contributed by atoms with Gasteiger partial charge < -0.3 is 9.64 Å². The SMILES string of the molecule is Cc1cc(C(=O)OCC(=O)N2CCc3ccccc32)ccc1[N+](=O)[O-]. The van der Waals surface area contributed by atoms with Gasteiger partial charge in [-0.15, -0.1) is 0 Å². The number of hydrogen-bond donors (Lipinski definition) is 0. The van der Waals surface area contributed by atoms with Crippen LogP contribution in [0.4, 0.5) is 11.4 Å². The summed E-state index contributed by atoms with van der Waals surface area (Å²) in [7, 11) is 0. The summed E-state index contributed by atoms with van der Waals surface area (Å²) in [5, 5.41) is 10.8. The molecular weight excluding hydrogens is 324 g/mol. The summed E-state index contributed by atoms with van der Waals surface area (Å²) in [6.45, 7) is 1.73. The fourth-order valence-corrected chi connectivity index (χ4v) is 2.87. The topological polar surface area (TPSA) is 89.8 Å². The summed E-state index contributed by atoms with van der Waals surface area (Å²) in [6.07, 6.45) is 0.775. The normalized spacial score (nSPS) is 12.6. The Bertz CT molecular complexity index is 862. The maximum atomic E-state index is 12.3. The van der Waals surface area contributed by atoms with Crippen LogP contribution in [-0.4, -0.2) is 30.0 Å². The first-order valence-electron chi connectivity index (χ1n) is 7.78. The van der Waals surface area contributed by atoms with Gasteiger partial charge >= 0.3 is 5.97 Å². The number of nitro groups is 1. The number of carbonyl (C=O) groups is 2. The average Bonchev–Trinajstić information content (AvgIpc) is 3.03. The van der Waals surface area contributed by atoms with Crippen molar-refractivity contribution in [2.24, 2.45) is 0 Å². The molecular formula is C18H16N2O5. The first kappa shape index (κ1) is 16.6. The van der Waals surface area contributed by atoms with E-state index in [1.54, 1.807) is 11.8 Å². The second-order valence-electron chi connectivity index (χ2n) is 5.76. The largest absolute Gasteiger partial charge is 0.452 e. The minimum Gasteiger partial charge on any atom is -0.452 e. The van der Waals surface area contributed by atoms with Crippen molar-refractivity contribution in [3.05, 3.63) is 69.3 Å². The summed E-state index contributed by atoms with van der Waals surface area (Å²) in [6, 6.07) is 11.6. The maximum absolute atomic E-state index is 12.3. The van der Waals surface area contributed by atoms with E-state index in [0.29, 0.717) is 12.1 Å². The van der Waals surface area contributed by atoms with Crippen LogP contribution in [0.5, 0.6) is 0 Å². The van der Waals surface area contributed by atoms with Gasteiger partial charge in [-0.1, -0.05) is 18.2 Å². The van der Waals surface area contributed by atoms with E-state index in [4.69, 9.17) is 4.74 Å². The number of aryl methyl sites for hydroxylation is 1. The lowest BCUT2D eigenvalue weighted by Gasteiger charge is -2.17. The standard InChI is InChI=1S/C18H16N2O5/c1-12-10-14(6-7-15(12)20(23)24)18(22)25-11-17(21)19-9-8-13-4-2-3-5-16(13)19/h2-7,10H,8-9,11H2,1H3. The van der Waals surface area contributed by atoms with Crippen molar-refractivity contribution < 1.29 is 19.2 Å².